The van der Waals surface area contributed by atoms with Crippen LogP contribution in [0.1, 0.15) is 11.8 Å². The zero-order valence-corrected chi connectivity index (χ0v) is 8.48. The molecule has 0 bridgehead atoms. The summed E-state index contributed by atoms with van der Waals surface area (Å²) in [6.07, 6.45) is 0.544. The first-order chi connectivity index (χ1) is 6.60. The van der Waals surface area contributed by atoms with Gasteiger partial charge in [-0.1, -0.05) is 6.07 Å². The fourth-order valence-electron chi connectivity index (χ4n) is 1.47. The van der Waals surface area contributed by atoms with Crippen molar-refractivity contribution in [1.29, 1.82) is 0 Å². The maximum absolute atomic E-state index is 11.4. The topological polar surface area (TPSA) is 58.2 Å². The van der Waals surface area contributed by atoms with E-state index in [9.17, 15) is 9.59 Å². The molecule has 2 heterocycles. The summed E-state index contributed by atoms with van der Waals surface area (Å²) in [5.74, 6) is -0.254. The Morgan fingerprint density at radius 2 is 2.29 bits per heavy atom. The molecule has 0 spiro atoms. The van der Waals surface area contributed by atoms with E-state index < -0.39 is 11.6 Å². The third-order valence-corrected chi connectivity index (χ3v) is 3.10. The maximum atomic E-state index is 11.4. The minimum absolute atomic E-state index is 0.254. The van der Waals surface area contributed by atoms with Crippen LogP contribution in [0.3, 0.4) is 0 Å². The van der Waals surface area contributed by atoms with Gasteiger partial charge in [-0.15, -0.1) is 11.3 Å². The summed E-state index contributed by atoms with van der Waals surface area (Å²) in [6, 6.07) is 3.47. The Kier molecular flexibility index (Phi) is 2.03. The van der Waals surface area contributed by atoms with E-state index in [1.54, 1.807) is 18.3 Å². The predicted octanol–water partition coefficient (Wildman–Crippen LogP) is 0.889. The van der Waals surface area contributed by atoms with Crippen LogP contribution < -0.4 is 10.6 Å². The number of rotatable bonds is 2. The van der Waals surface area contributed by atoms with Gasteiger partial charge in [-0.05, 0) is 18.4 Å². The van der Waals surface area contributed by atoms with Crippen LogP contribution in [0, 0.1) is 0 Å². The van der Waals surface area contributed by atoms with Gasteiger partial charge >= 0.3 is 6.03 Å². The summed E-state index contributed by atoms with van der Waals surface area (Å²) in [5.41, 5.74) is -0.790. The molecule has 0 aliphatic carbocycles. The molecule has 1 atom stereocenters. The fourth-order valence-corrected chi connectivity index (χ4v) is 2.33. The Labute approximate surface area is 85.3 Å². The number of hydrogen-bond donors (Lipinski definition) is 2. The molecule has 3 amide bonds. The minimum atomic E-state index is -0.790. The van der Waals surface area contributed by atoms with Crippen LogP contribution in [-0.4, -0.2) is 17.5 Å². The summed E-state index contributed by atoms with van der Waals surface area (Å²) < 4.78 is 0. The molecule has 74 valence electrons. The quantitative estimate of drug-likeness (QED) is 0.712. The number of nitrogens with one attached hydrogen (secondary N) is 2. The molecular weight excluding hydrogens is 200 g/mol. The molecule has 1 aliphatic rings. The molecule has 2 N–H and O–H groups in total. The molecule has 1 aliphatic heterocycles. The van der Waals surface area contributed by atoms with E-state index in [4.69, 9.17) is 0 Å². The van der Waals surface area contributed by atoms with Crippen LogP contribution in [-0.2, 0) is 11.2 Å². The van der Waals surface area contributed by atoms with Gasteiger partial charge in [0.05, 0.1) is 0 Å². The monoisotopic (exact) mass is 210 g/mol. The molecule has 14 heavy (non-hydrogen) atoms. The molecule has 0 saturated carbocycles. The van der Waals surface area contributed by atoms with Crippen molar-refractivity contribution in [3.63, 3.8) is 0 Å². The van der Waals surface area contributed by atoms with E-state index in [0.29, 0.717) is 6.42 Å². The zero-order valence-electron chi connectivity index (χ0n) is 7.66. The minimum Gasteiger partial charge on any atom is -0.323 e. The van der Waals surface area contributed by atoms with Crippen molar-refractivity contribution in [3.8, 4) is 0 Å². The molecule has 0 aromatic carbocycles. The normalized spacial score (nSPS) is 26.1. The molecule has 0 radical (unpaired) electrons. The fraction of sp³-hybridized carbons (Fsp3) is 0.333. The van der Waals surface area contributed by atoms with Gasteiger partial charge in [0, 0.05) is 11.3 Å². The van der Waals surface area contributed by atoms with Gasteiger partial charge in [0.2, 0.25) is 0 Å². The van der Waals surface area contributed by atoms with E-state index in [0.717, 1.165) is 4.88 Å². The molecule has 2 rings (SSSR count). The van der Waals surface area contributed by atoms with Gasteiger partial charge in [-0.2, -0.15) is 0 Å². The van der Waals surface area contributed by atoms with Gasteiger partial charge in [0.1, 0.15) is 5.54 Å². The van der Waals surface area contributed by atoms with E-state index in [1.807, 2.05) is 17.5 Å². The Morgan fingerprint density at radius 1 is 1.50 bits per heavy atom. The first-order valence-corrected chi connectivity index (χ1v) is 5.14. The van der Waals surface area contributed by atoms with E-state index in [1.165, 1.54) is 0 Å². The second-order valence-electron chi connectivity index (χ2n) is 3.50. The molecule has 1 unspecified atom stereocenters. The summed E-state index contributed by atoms with van der Waals surface area (Å²) >= 11 is 1.58. The Morgan fingerprint density at radius 3 is 2.79 bits per heavy atom. The average Bonchev–Trinajstić information content (AvgIpc) is 2.62. The molecule has 1 aromatic heterocycles. The number of amides is 3. The summed E-state index contributed by atoms with van der Waals surface area (Å²) in [6.45, 7) is 1.73. The largest absolute Gasteiger partial charge is 0.323 e. The van der Waals surface area contributed by atoms with Gasteiger partial charge in [0.25, 0.3) is 5.91 Å². The number of carbonyl (C=O) groups is 2. The Bertz CT molecular complexity index is 374. The maximum Gasteiger partial charge on any atom is 0.322 e. The van der Waals surface area contributed by atoms with Gasteiger partial charge in [-0.25, -0.2) is 4.79 Å². The lowest BCUT2D eigenvalue weighted by Crippen LogP contribution is -2.45. The van der Waals surface area contributed by atoms with Crippen molar-refractivity contribution in [2.75, 3.05) is 0 Å². The third-order valence-electron chi connectivity index (χ3n) is 2.23. The third kappa shape index (κ3) is 1.50. The van der Waals surface area contributed by atoms with Crippen molar-refractivity contribution >= 4 is 23.3 Å². The van der Waals surface area contributed by atoms with Gasteiger partial charge in [-0.3, -0.25) is 10.1 Å². The molecular formula is C9H10N2O2S. The average molecular weight is 210 g/mol. The highest BCUT2D eigenvalue weighted by atomic mass is 32.1. The van der Waals surface area contributed by atoms with Crippen molar-refractivity contribution < 1.29 is 9.59 Å². The van der Waals surface area contributed by atoms with Crippen LogP contribution in [0.4, 0.5) is 4.79 Å². The van der Waals surface area contributed by atoms with Crippen molar-refractivity contribution in [2.45, 2.75) is 18.9 Å². The van der Waals surface area contributed by atoms with E-state index in [-0.39, 0.29) is 5.91 Å². The van der Waals surface area contributed by atoms with Crippen molar-refractivity contribution in [1.82, 2.24) is 10.6 Å². The van der Waals surface area contributed by atoms with E-state index >= 15 is 0 Å². The van der Waals surface area contributed by atoms with E-state index in [2.05, 4.69) is 10.6 Å². The lowest BCUT2D eigenvalue weighted by Gasteiger charge is -2.18. The van der Waals surface area contributed by atoms with Crippen molar-refractivity contribution in [3.05, 3.63) is 22.4 Å². The zero-order chi connectivity index (χ0) is 10.2. The second kappa shape index (κ2) is 3.09. The molecule has 1 fully saturated rings. The lowest BCUT2D eigenvalue weighted by molar-refractivity contribution is -0.123. The number of imide groups is 1. The molecule has 1 saturated heterocycles. The first kappa shape index (κ1) is 9.21. The number of carbonyl (C=O) groups excluding carboxylic acids is 2. The van der Waals surface area contributed by atoms with Crippen LogP contribution in [0.5, 0.6) is 0 Å². The van der Waals surface area contributed by atoms with Crippen LogP contribution in [0.15, 0.2) is 17.5 Å². The predicted molar refractivity (Wildman–Crippen MR) is 53.1 cm³/mol. The summed E-state index contributed by atoms with van der Waals surface area (Å²) in [4.78, 5) is 23.5. The van der Waals surface area contributed by atoms with Gasteiger partial charge in [0.15, 0.2) is 0 Å². The number of urea groups is 1. The molecule has 5 heteroatoms. The first-order valence-electron chi connectivity index (χ1n) is 4.26. The number of hydrogen-bond acceptors (Lipinski definition) is 3. The Balaban J connectivity index is 2.17. The van der Waals surface area contributed by atoms with Crippen LogP contribution in [0.2, 0.25) is 0 Å². The van der Waals surface area contributed by atoms with Crippen LogP contribution >= 0.6 is 11.3 Å². The summed E-state index contributed by atoms with van der Waals surface area (Å²) in [7, 11) is 0. The molecule has 1 aromatic rings. The summed E-state index contributed by atoms with van der Waals surface area (Å²) in [5, 5.41) is 6.81. The Hall–Kier alpha value is -1.36. The van der Waals surface area contributed by atoms with Crippen molar-refractivity contribution in [2.24, 2.45) is 0 Å². The highest BCUT2D eigenvalue weighted by Crippen LogP contribution is 2.20. The molecule has 4 nitrogen and oxygen atoms in total. The second-order valence-corrected chi connectivity index (χ2v) is 4.53. The lowest BCUT2D eigenvalue weighted by atomic mass is 9.97. The standard InChI is InChI=1S/C9H10N2O2S/c1-9(5-6-3-2-4-14-6)7(12)10-8(13)11-9/h2-4H,5H2,1H3,(H2,10,11,12,13). The highest BCUT2D eigenvalue weighted by Gasteiger charge is 2.41. The number of thiophene rings is 1. The highest BCUT2D eigenvalue weighted by molar-refractivity contribution is 7.09. The smallest absolute Gasteiger partial charge is 0.322 e. The van der Waals surface area contributed by atoms with Gasteiger partial charge < -0.3 is 5.32 Å². The SMILES string of the molecule is CC1(Cc2cccs2)NC(=O)NC1=O. The van der Waals surface area contributed by atoms with Crippen LogP contribution in [0.25, 0.3) is 0 Å².